The molecular formula is C14H15N3O3. The number of nitrogens with zero attached hydrogens (tertiary/aromatic N) is 2. The third-order valence-corrected chi connectivity index (χ3v) is 3.21. The summed E-state index contributed by atoms with van der Waals surface area (Å²) in [5.41, 5.74) is 7.42. The van der Waals surface area contributed by atoms with Crippen LogP contribution in [-0.2, 0) is 4.74 Å². The van der Waals surface area contributed by atoms with Gasteiger partial charge in [0.05, 0.1) is 18.8 Å². The zero-order valence-corrected chi connectivity index (χ0v) is 10.9. The minimum Gasteiger partial charge on any atom is -0.444 e. The number of morpholine rings is 1. The second-order valence-electron chi connectivity index (χ2n) is 4.53. The number of carbonyl (C=O) groups is 1. The van der Waals surface area contributed by atoms with Gasteiger partial charge in [-0.15, -0.1) is 0 Å². The van der Waals surface area contributed by atoms with Crippen molar-refractivity contribution in [3.05, 3.63) is 36.2 Å². The van der Waals surface area contributed by atoms with Gasteiger partial charge in [0.2, 0.25) is 5.89 Å². The topological polar surface area (TPSA) is 81.6 Å². The summed E-state index contributed by atoms with van der Waals surface area (Å²) in [6.45, 7) is 2.27. The molecular weight excluding hydrogens is 258 g/mol. The Morgan fingerprint density at radius 3 is 2.75 bits per heavy atom. The summed E-state index contributed by atoms with van der Waals surface area (Å²) in [6.07, 6.45) is 1.37. The first-order valence-corrected chi connectivity index (χ1v) is 6.43. The predicted octanol–water partition coefficient (Wildman–Crippen LogP) is 1.40. The number of oxazole rings is 1. The van der Waals surface area contributed by atoms with Gasteiger partial charge in [0.15, 0.2) is 5.69 Å². The molecule has 1 aromatic heterocycles. The summed E-state index contributed by atoms with van der Waals surface area (Å²) in [6, 6.07) is 7.26. The van der Waals surface area contributed by atoms with Crippen LogP contribution in [0.5, 0.6) is 0 Å². The number of aromatic nitrogens is 1. The highest BCUT2D eigenvalue weighted by Gasteiger charge is 2.22. The third kappa shape index (κ3) is 2.37. The number of amides is 1. The maximum atomic E-state index is 12.2. The molecule has 0 spiro atoms. The lowest BCUT2D eigenvalue weighted by Gasteiger charge is -2.25. The summed E-state index contributed by atoms with van der Waals surface area (Å²) in [4.78, 5) is 18.2. The summed E-state index contributed by atoms with van der Waals surface area (Å²) in [5, 5.41) is 0. The summed E-state index contributed by atoms with van der Waals surface area (Å²) in [7, 11) is 0. The fraction of sp³-hybridized carbons (Fsp3) is 0.286. The number of hydrogen-bond donors (Lipinski definition) is 1. The lowest BCUT2D eigenvalue weighted by atomic mass is 10.2. The van der Waals surface area contributed by atoms with Crippen LogP contribution in [-0.4, -0.2) is 42.1 Å². The minimum atomic E-state index is -0.141. The fourth-order valence-corrected chi connectivity index (χ4v) is 2.12. The SMILES string of the molecule is Nc1ccccc1-c1nc(C(=O)N2CCOCC2)co1. The van der Waals surface area contributed by atoms with Gasteiger partial charge in [-0.1, -0.05) is 12.1 Å². The van der Waals surface area contributed by atoms with E-state index in [1.165, 1.54) is 6.26 Å². The van der Waals surface area contributed by atoms with Gasteiger partial charge in [0, 0.05) is 18.8 Å². The van der Waals surface area contributed by atoms with Crippen molar-refractivity contribution in [2.24, 2.45) is 0 Å². The number of para-hydroxylation sites is 1. The molecule has 0 aliphatic carbocycles. The molecule has 0 unspecified atom stereocenters. The average molecular weight is 273 g/mol. The molecule has 1 fully saturated rings. The van der Waals surface area contributed by atoms with Crippen LogP contribution in [0.3, 0.4) is 0 Å². The van der Waals surface area contributed by atoms with Crippen LogP contribution in [0.15, 0.2) is 34.9 Å². The van der Waals surface area contributed by atoms with E-state index in [1.807, 2.05) is 18.2 Å². The number of rotatable bonds is 2. The van der Waals surface area contributed by atoms with E-state index in [4.69, 9.17) is 14.9 Å². The van der Waals surface area contributed by atoms with Crippen molar-refractivity contribution in [2.75, 3.05) is 32.0 Å². The van der Waals surface area contributed by atoms with Gasteiger partial charge in [0.1, 0.15) is 6.26 Å². The Kier molecular flexibility index (Phi) is 3.39. The van der Waals surface area contributed by atoms with E-state index in [-0.39, 0.29) is 5.91 Å². The molecule has 2 N–H and O–H groups in total. The Balaban J connectivity index is 1.83. The number of nitrogen functional groups attached to an aromatic ring is 1. The predicted molar refractivity (Wildman–Crippen MR) is 73.1 cm³/mol. The Hall–Kier alpha value is -2.34. The van der Waals surface area contributed by atoms with Gasteiger partial charge in [-0.25, -0.2) is 4.98 Å². The number of carbonyl (C=O) groups excluding carboxylic acids is 1. The molecule has 0 atom stereocenters. The molecule has 0 bridgehead atoms. The molecule has 1 saturated heterocycles. The van der Waals surface area contributed by atoms with Gasteiger partial charge >= 0.3 is 0 Å². The zero-order chi connectivity index (χ0) is 13.9. The molecule has 2 aromatic rings. The first-order chi connectivity index (χ1) is 9.75. The molecule has 20 heavy (non-hydrogen) atoms. The smallest absolute Gasteiger partial charge is 0.275 e. The van der Waals surface area contributed by atoms with Crippen molar-refractivity contribution in [3.8, 4) is 11.5 Å². The van der Waals surface area contributed by atoms with Crippen molar-refractivity contribution in [1.29, 1.82) is 0 Å². The molecule has 0 saturated carbocycles. The average Bonchev–Trinajstić information content (AvgIpc) is 2.97. The van der Waals surface area contributed by atoms with Crippen LogP contribution in [0.25, 0.3) is 11.5 Å². The van der Waals surface area contributed by atoms with E-state index in [0.717, 1.165) is 0 Å². The second kappa shape index (κ2) is 5.34. The molecule has 1 aliphatic heterocycles. The molecule has 0 radical (unpaired) electrons. The van der Waals surface area contributed by atoms with E-state index in [0.29, 0.717) is 49.1 Å². The Bertz CT molecular complexity index is 618. The molecule has 3 rings (SSSR count). The standard InChI is InChI=1S/C14H15N3O3/c15-11-4-2-1-3-10(11)13-16-12(9-20-13)14(18)17-5-7-19-8-6-17/h1-4,9H,5-8,15H2. The van der Waals surface area contributed by atoms with Crippen LogP contribution in [0.4, 0.5) is 5.69 Å². The maximum absolute atomic E-state index is 12.2. The first-order valence-electron chi connectivity index (χ1n) is 6.43. The Morgan fingerprint density at radius 1 is 1.25 bits per heavy atom. The van der Waals surface area contributed by atoms with Crippen LogP contribution in [0.1, 0.15) is 10.5 Å². The van der Waals surface area contributed by atoms with Crippen molar-refractivity contribution in [2.45, 2.75) is 0 Å². The molecule has 1 amide bonds. The van der Waals surface area contributed by atoms with Crippen molar-refractivity contribution >= 4 is 11.6 Å². The fourth-order valence-electron chi connectivity index (χ4n) is 2.12. The van der Waals surface area contributed by atoms with E-state index in [2.05, 4.69) is 4.98 Å². The van der Waals surface area contributed by atoms with Gasteiger partial charge in [-0.3, -0.25) is 4.79 Å². The summed E-state index contributed by atoms with van der Waals surface area (Å²) in [5.74, 6) is 0.220. The van der Waals surface area contributed by atoms with Crippen molar-refractivity contribution < 1.29 is 13.9 Å². The number of benzene rings is 1. The summed E-state index contributed by atoms with van der Waals surface area (Å²) >= 11 is 0. The minimum absolute atomic E-state index is 0.141. The molecule has 1 aliphatic rings. The van der Waals surface area contributed by atoms with E-state index in [1.54, 1.807) is 11.0 Å². The van der Waals surface area contributed by atoms with Crippen LogP contribution < -0.4 is 5.73 Å². The maximum Gasteiger partial charge on any atom is 0.275 e. The van der Waals surface area contributed by atoms with Crippen LogP contribution in [0, 0.1) is 0 Å². The molecule has 6 heteroatoms. The lowest BCUT2D eigenvalue weighted by molar-refractivity contribution is 0.0299. The number of hydrogen-bond acceptors (Lipinski definition) is 5. The highest BCUT2D eigenvalue weighted by Crippen LogP contribution is 2.24. The third-order valence-electron chi connectivity index (χ3n) is 3.21. The first kappa shape index (κ1) is 12.7. The largest absolute Gasteiger partial charge is 0.444 e. The quantitative estimate of drug-likeness (QED) is 0.836. The Morgan fingerprint density at radius 2 is 2.00 bits per heavy atom. The van der Waals surface area contributed by atoms with E-state index >= 15 is 0 Å². The lowest BCUT2D eigenvalue weighted by Crippen LogP contribution is -2.40. The Labute approximate surface area is 116 Å². The van der Waals surface area contributed by atoms with Crippen molar-refractivity contribution in [3.63, 3.8) is 0 Å². The highest BCUT2D eigenvalue weighted by molar-refractivity contribution is 5.92. The summed E-state index contributed by atoms with van der Waals surface area (Å²) < 4.78 is 10.6. The molecule has 1 aromatic carbocycles. The molecule has 6 nitrogen and oxygen atoms in total. The number of anilines is 1. The zero-order valence-electron chi connectivity index (χ0n) is 10.9. The highest BCUT2D eigenvalue weighted by atomic mass is 16.5. The van der Waals surface area contributed by atoms with E-state index in [9.17, 15) is 4.79 Å². The monoisotopic (exact) mass is 273 g/mol. The van der Waals surface area contributed by atoms with Gasteiger partial charge in [0.25, 0.3) is 5.91 Å². The molecule has 104 valence electrons. The normalized spacial score (nSPS) is 15.3. The van der Waals surface area contributed by atoms with Crippen LogP contribution in [0.2, 0.25) is 0 Å². The van der Waals surface area contributed by atoms with Gasteiger partial charge in [-0.2, -0.15) is 0 Å². The number of nitrogens with two attached hydrogens (primary N) is 1. The van der Waals surface area contributed by atoms with Crippen LogP contribution >= 0.6 is 0 Å². The number of ether oxygens (including phenoxy) is 1. The van der Waals surface area contributed by atoms with Gasteiger partial charge < -0.3 is 19.8 Å². The second-order valence-corrected chi connectivity index (χ2v) is 4.53. The van der Waals surface area contributed by atoms with E-state index < -0.39 is 0 Å². The van der Waals surface area contributed by atoms with Crippen molar-refractivity contribution in [1.82, 2.24) is 9.88 Å². The van der Waals surface area contributed by atoms with Gasteiger partial charge in [-0.05, 0) is 12.1 Å². The molecule has 2 heterocycles.